The zero-order chi connectivity index (χ0) is 19.5. The van der Waals surface area contributed by atoms with Gasteiger partial charge in [0.05, 0.1) is 21.6 Å². The Balaban J connectivity index is 1.98. The number of carbonyl (C=O) groups is 1. The molecule has 2 aliphatic rings. The highest BCUT2D eigenvalue weighted by molar-refractivity contribution is 6.38. The van der Waals surface area contributed by atoms with Gasteiger partial charge in [0.2, 0.25) is 5.43 Å². The van der Waals surface area contributed by atoms with Crippen LogP contribution in [0.1, 0.15) is 43.1 Å². The van der Waals surface area contributed by atoms with Crippen molar-refractivity contribution in [3.05, 3.63) is 38.9 Å². The van der Waals surface area contributed by atoms with E-state index in [0.717, 1.165) is 18.9 Å². The van der Waals surface area contributed by atoms with E-state index in [1.807, 2.05) is 18.7 Å². The van der Waals surface area contributed by atoms with Gasteiger partial charge in [0.15, 0.2) is 0 Å². The average Bonchev–Trinajstić information content (AvgIpc) is 3.39. The lowest BCUT2D eigenvalue weighted by Crippen LogP contribution is -2.54. The van der Waals surface area contributed by atoms with Gasteiger partial charge in [0.1, 0.15) is 11.4 Å². The maximum absolute atomic E-state index is 15.0. The highest BCUT2D eigenvalue weighted by atomic mass is 35.5. The van der Waals surface area contributed by atoms with Gasteiger partial charge in [0, 0.05) is 37.4 Å². The minimum Gasteiger partial charge on any atom is -0.477 e. The van der Waals surface area contributed by atoms with Crippen molar-refractivity contribution >= 4 is 34.2 Å². The summed E-state index contributed by atoms with van der Waals surface area (Å²) in [6, 6.07) is 1.56. The Morgan fingerprint density at radius 1 is 1.30 bits per heavy atom. The molecular formula is C19H21ClFN3O3. The van der Waals surface area contributed by atoms with Gasteiger partial charge >= 0.3 is 5.97 Å². The Morgan fingerprint density at radius 3 is 2.48 bits per heavy atom. The molecule has 4 rings (SSSR count). The number of carboxylic acid groups (broad SMARTS) is 1. The van der Waals surface area contributed by atoms with Crippen LogP contribution in [-0.2, 0) is 0 Å². The first-order valence-electron chi connectivity index (χ1n) is 9.09. The third-order valence-electron chi connectivity index (χ3n) is 5.23. The fourth-order valence-corrected chi connectivity index (χ4v) is 4.43. The van der Waals surface area contributed by atoms with Crippen LogP contribution in [0.4, 0.5) is 10.1 Å². The van der Waals surface area contributed by atoms with Gasteiger partial charge in [-0.25, -0.2) is 9.18 Å². The van der Waals surface area contributed by atoms with E-state index in [4.69, 9.17) is 11.6 Å². The summed E-state index contributed by atoms with van der Waals surface area (Å²) in [5.74, 6) is -1.92. The van der Waals surface area contributed by atoms with Crippen molar-refractivity contribution in [1.29, 1.82) is 0 Å². The molecular weight excluding hydrogens is 373 g/mol. The summed E-state index contributed by atoms with van der Waals surface area (Å²) in [6.45, 7) is 5.23. The van der Waals surface area contributed by atoms with Gasteiger partial charge in [-0.3, -0.25) is 4.79 Å². The van der Waals surface area contributed by atoms with Crippen LogP contribution in [-0.4, -0.2) is 40.8 Å². The molecule has 0 spiro atoms. The number of pyridine rings is 1. The maximum Gasteiger partial charge on any atom is 0.341 e. The number of rotatable bonds is 3. The molecule has 2 aromatic rings. The molecule has 2 fully saturated rings. The lowest BCUT2D eigenvalue weighted by atomic mass is 10.1. The highest BCUT2D eigenvalue weighted by Gasteiger charge is 2.31. The van der Waals surface area contributed by atoms with Crippen molar-refractivity contribution in [2.75, 3.05) is 18.0 Å². The number of carboxylic acids is 1. The van der Waals surface area contributed by atoms with E-state index >= 15 is 4.39 Å². The Labute approximate surface area is 160 Å². The van der Waals surface area contributed by atoms with Crippen LogP contribution in [0.5, 0.6) is 0 Å². The molecule has 1 aromatic carbocycles. The molecule has 27 heavy (non-hydrogen) atoms. The zero-order valence-electron chi connectivity index (χ0n) is 15.1. The number of hydrogen-bond acceptors (Lipinski definition) is 4. The van der Waals surface area contributed by atoms with Crippen molar-refractivity contribution in [2.45, 2.75) is 44.8 Å². The summed E-state index contributed by atoms with van der Waals surface area (Å²) in [4.78, 5) is 26.0. The van der Waals surface area contributed by atoms with E-state index < -0.39 is 17.2 Å². The SMILES string of the molecule is CC1CN(c2c(F)cc3c(=O)c(C(=O)O)cn(C4CC4)c3c2Cl)CC(C)N1. The Bertz CT molecular complexity index is 992. The molecule has 6 nitrogen and oxygen atoms in total. The van der Waals surface area contributed by atoms with Crippen LogP contribution in [0.2, 0.25) is 5.02 Å². The highest BCUT2D eigenvalue weighted by Crippen LogP contribution is 2.42. The van der Waals surface area contributed by atoms with E-state index in [9.17, 15) is 14.7 Å². The Morgan fingerprint density at radius 2 is 1.93 bits per heavy atom. The third kappa shape index (κ3) is 3.08. The van der Waals surface area contributed by atoms with E-state index in [1.165, 1.54) is 6.20 Å². The maximum atomic E-state index is 15.0. The third-order valence-corrected chi connectivity index (χ3v) is 5.59. The van der Waals surface area contributed by atoms with Crippen LogP contribution < -0.4 is 15.6 Å². The van der Waals surface area contributed by atoms with E-state index in [0.29, 0.717) is 18.6 Å². The number of halogens is 2. The fraction of sp³-hybridized carbons (Fsp3) is 0.474. The number of nitrogens with one attached hydrogen (secondary N) is 1. The van der Waals surface area contributed by atoms with Gasteiger partial charge in [0.25, 0.3) is 0 Å². The summed E-state index contributed by atoms with van der Waals surface area (Å²) in [5.41, 5.74) is -0.364. The number of aromatic nitrogens is 1. The first-order valence-corrected chi connectivity index (χ1v) is 9.46. The van der Waals surface area contributed by atoms with Crippen LogP contribution in [0, 0.1) is 5.82 Å². The molecule has 2 unspecified atom stereocenters. The van der Waals surface area contributed by atoms with Crippen LogP contribution >= 0.6 is 11.6 Å². The summed E-state index contributed by atoms with van der Waals surface area (Å²) in [7, 11) is 0. The number of benzene rings is 1. The smallest absolute Gasteiger partial charge is 0.341 e. The number of anilines is 1. The lowest BCUT2D eigenvalue weighted by molar-refractivity contribution is 0.0695. The molecule has 0 amide bonds. The predicted molar refractivity (Wildman–Crippen MR) is 103 cm³/mol. The van der Waals surface area contributed by atoms with Crippen LogP contribution in [0.3, 0.4) is 0 Å². The number of piperazine rings is 1. The molecule has 8 heteroatoms. The molecule has 0 bridgehead atoms. The molecule has 2 N–H and O–H groups in total. The number of aromatic carboxylic acids is 1. The molecule has 1 saturated heterocycles. The summed E-state index contributed by atoms with van der Waals surface area (Å²) < 4.78 is 16.8. The van der Waals surface area contributed by atoms with Gasteiger partial charge < -0.3 is 19.9 Å². The summed E-state index contributed by atoms with van der Waals surface area (Å²) in [5, 5.41) is 12.9. The standard InChI is InChI=1S/C19H21ClFN3O3/c1-9-6-23(7-10(2)22-9)17-14(21)5-12-16(15(17)20)24(11-3-4-11)8-13(18(12)25)19(26)27/h5,8-11,22H,3-4,6-7H2,1-2H3,(H,26,27). The quantitative estimate of drug-likeness (QED) is 0.838. The molecule has 2 atom stereocenters. The van der Waals surface area contributed by atoms with Gasteiger partial charge in [-0.05, 0) is 32.8 Å². The average molecular weight is 394 g/mol. The predicted octanol–water partition coefficient (Wildman–Crippen LogP) is 3.01. The first kappa shape index (κ1) is 18.3. The van der Waals surface area contributed by atoms with Crippen molar-refractivity contribution in [2.24, 2.45) is 0 Å². The monoisotopic (exact) mass is 393 g/mol. The molecule has 1 aliphatic heterocycles. The largest absolute Gasteiger partial charge is 0.477 e. The number of nitrogens with zero attached hydrogens (tertiary/aromatic N) is 2. The fourth-order valence-electron chi connectivity index (χ4n) is 4.02. The van der Waals surface area contributed by atoms with Crippen molar-refractivity contribution in [3.63, 3.8) is 0 Å². The molecule has 144 valence electrons. The number of hydrogen-bond donors (Lipinski definition) is 2. The summed E-state index contributed by atoms with van der Waals surface area (Å²) >= 11 is 6.65. The summed E-state index contributed by atoms with van der Waals surface area (Å²) in [6.07, 6.45) is 3.10. The van der Waals surface area contributed by atoms with E-state index in [-0.39, 0.29) is 39.8 Å². The lowest BCUT2D eigenvalue weighted by Gasteiger charge is -2.38. The van der Waals surface area contributed by atoms with E-state index in [2.05, 4.69) is 5.32 Å². The molecule has 0 radical (unpaired) electrons. The second-order valence-corrected chi connectivity index (χ2v) is 7.98. The Kier molecular flexibility index (Phi) is 4.39. The van der Waals surface area contributed by atoms with Gasteiger partial charge in [-0.1, -0.05) is 11.6 Å². The van der Waals surface area contributed by atoms with Crippen LogP contribution in [0.25, 0.3) is 10.9 Å². The second kappa shape index (κ2) is 6.49. The topological polar surface area (TPSA) is 74.6 Å². The van der Waals surface area contributed by atoms with Gasteiger partial charge in [-0.2, -0.15) is 0 Å². The Hall–Kier alpha value is -2.12. The van der Waals surface area contributed by atoms with Crippen molar-refractivity contribution < 1.29 is 14.3 Å². The van der Waals surface area contributed by atoms with Crippen LogP contribution in [0.15, 0.2) is 17.1 Å². The second-order valence-electron chi connectivity index (χ2n) is 7.61. The molecule has 1 aliphatic carbocycles. The number of fused-ring (bicyclic) bond motifs is 1. The normalized spacial score (nSPS) is 23.0. The first-order chi connectivity index (χ1) is 12.8. The minimum atomic E-state index is -1.32. The molecule has 2 heterocycles. The molecule has 1 aromatic heterocycles. The van der Waals surface area contributed by atoms with Crippen molar-refractivity contribution in [1.82, 2.24) is 9.88 Å². The van der Waals surface area contributed by atoms with Gasteiger partial charge in [-0.15, -0.1) is 0 Å². The zero-order valence-corrected chi connectivity index (χ0v) is 15.9. The van der Waals surface area contributed by atoms with E-state index in [1.54, 1.807) is 4.57 Å². The van der Waals surface area contributed by atoms with Crippen molar-refractivity contribution in [3.8, 4) is 0 Å². The molecule has 1 saturated carbocycles. The minimum absolute atomic E-state index is 0.0179.